The summed E-state index contributed by atoms with van der Waals surface area (Å²) in [4.78, 5) is 16.7. The third kappa shape index (κ3) is 4.51. The van der Waals surface area contributed by atoms with Crippen LogP contribution in [0.15, 0.2) is 30.3 Å². The molecular formula is C19H27N5O3. The number of urea groups is 1. The smallest absolute Gasteiger partial charge is 0.318 e. The fraction of sp³-hybridized carbons (Fsp3) is 0.474. The van der Waals surface area contributed by atoms with Crippen molar-refractivity contribution in [2.45, 2.75) is 26.1 Å². The Kier molecular flexibility index (Phi) is 6.18. The molecular weight excluding hydrogens is 346 g/mol. The second-order valence-electron chi connectivity index (χ2n) is 6.64. The third-order valence-electron chi connectivity index (χ3n) is 4.72. The molecule has 0 bridgehead atoms. The van der Waals surface area contributed by atoms with Crippen LogP contribution in [0, 0.1) is 0 Å². The van der Waals surface area contributed by atoms with Crippen LogP contribution in [0.2, 0.25) is 0 Å². The minimum absolute atomic E-state index is 0.0648. The Balaban J connectivity index is 1.55. The molecule has 3 rings (SSSR count). The van der Waals surface area contributed by atoms with Gasteiger partial charge in [0.05, 0.1) is 37.3 Å². The number of nitrogens with one attached hydrogen (secondary N) is 2. The quantitative estimate of drug-likeness (QED) is 0.809. The monoisotopic (exact) mass is 373 g/mol. The van der Waals surface area contributed by atoms with Crippen molar-refractivity contribution in [3.63, 3.8) is 0 Å². The molecule has 2 N–H and O–H groups in total. The summed E-state index contributed by atoms with van der Waals surface area (Å²) in [5.41, 5.74) is 2.74. The number of carbonyl (C=O) groups excluding carboxylic acids is 1. The Morgan fingerprint density at radius 3 is 2.89 bits per heavy atom. The zero-order chi connectivity index (χ0) is 19.2. The number of para-hydroxylation sites is 2. The van der Waals surface area contributed by atoms with Crippen LogP contribution in [-0.4, -0.2) is 61.0 Å². The van der Waals surface area contributed by atoms with Gasteiger partial charge in [0.15, 0.2) is 0 Å². The maximum Gasteiger partial charge on any atom is 0.318 e. The minimum Gasteiger partial charge on any atom is -0.495 e. The molecule has 1 fully saturated rings. The zero-order valence-electron chi connectivity index (χ0n) is 16.1. The zero-order valence-corrected chi connectivity index (χ0v) is 16.1. The largest absolute Gasteiger partial charge is 0.495 e. The maximum absolute atomic E-state index is 12.6. The molecule has 0 unspecified atom stereocenters. The van der Waals surface area contributed by atoms with Crippen LogP contribution >= 0.6 is 0 Å². The van der Waals surface area contributed by atoms with Gasteiger partial charge in [-0.15, -0.1) is 0 Å². The van der Waals surface area contributed by atoms with Gasteiger partial charge in [0.25, 0.3) is 0 Å². The first kappa shape index (κ1) is 19.0. The summed E-state index contributed by atoms with van der Waals surface area (Å²) in [7, 11) is 3.31. The van der Waals surface area contributed by atoms with Gasteiger partial charge in [0.1, 0.15) is 5.75 Å². The molecule has 0 saturated carbocycles. The first-order valence-electron chi connectivity index (χ1n) is 9.07. The average molecular weight is 373 g/mol. The number of hydrogen-bond acceptors (Lipinski definition) is 5. The van der Waals surface area contributed by atoms with Crippen LogP contribution in [0.1, 0.15) is 18.3 Å². The number of aromatic amines is 1. The van der Waals surface area contributed by atoms with E-state index in [-0.39, 0.29) is 12.1 Å². The van der Waals surface area contributed by atoms with Crippen LogP contribution in [0.25, 0.3) is 0 Å². The maximum atomic E-state index is 12.6. The molecule has 1 aromatic heterocycles. The van der Waals surface area contributed by atoms with E-state index in [1.807, 2.05) is 29.2 Å². The number of amides is 2. The van der Waals surface area contributed by atoms with Crippen molar-refractivity contribution in [3.05, 3.63) is 41.7 Å². The molecule has 146 valence electrons. The van der Waals surface area contributed by atoms with Gasteiger partial charge < -0.3 is 24.6 Å². The van der Waals surface area contributed by atoms with E-state index >= 15 is 0 Å². The first-order valence-corrected chi connectivity index (χ1v) is 9.07. The van der Waals surface area contributed by atoms with Gasteiger partial charge in [-0.3, -0.25) is 5.10 Å². The summed E-state index contributed by atoms with van der Waals surface area (Å²) in [6, 6.07) is 9.90. The molecule has 8 heteroatoms. The molecule has 2 heterocycles. The highest BCUT2D eigenvalue weighted by atomic mass is 16.5. The lowest BCUT2D eigenvalue weighted by molar-refractivity contribution is 0.171. The van der Waals surface area contributed by atoms with Gasteiger partial charge in [-0.05, 0) is 25.1 Å². The van der Waals surface area contributed by atoms with E-state index in [2.05, 4.69) is 33.4 Å². The molecule has 1 saturated heterocycles. The molecule has 1 atom stereocenters. The van der Waals surface area contributed by atoms with Crippen molar-refractivity contribution in [3.8, 4) is 5.75 Å². The van der Waals surface area contributed by atoms with Crippen LogP contribution in [0.3, 0.4) is 0 Å². The number of H-pyrrole nitrogens is 1. The number of benzene rings is 1. The minimum atomic E-state index is -0.0648. The molecule has 1 aliphatic heterocycles. The number of methoxy groups -OCH3 is 2. The van der Waals surface area contributed by atoms with E-state index in [9.17, 15) is 4.79 Å². The lowest BCUT2D eigenvalue weighted by Gasteiger charge is -2.41. The predicted molar refractivity (Wildman–Crippen MR) is 103 cm³/mol. The highest BCUT2D eigenvalue weighted by Gasteiger charge is 2.28. The Bertz CT molecular complexity index is 763. The van der Waals surface area contributed by atoms with Crippen LogP contribution in [-0.2, 0) is 17.9 Å². The first-order chi connectivity index (χ1) is 13.1. The summed E-state index contributed by atoms with van der Waals surface area (Å²) >= 11 is 0. The number of anilines is 1. The summed E-state index contributed by atoms with van der Waals surface area (Å²) in [6.45, 7) is 5.11. The summed E-state index contributed by atoms with van der Waals surface area (Å²) < 4.78 is 10.5. The Hall–Kier alpha value is -2.74. The fourth-order valence-corrected chi connectivity index (χ4v) is 3.36. The number of piperazine rings is 1. The lowest BCUT2D eigenvalue weighted by Crippen LogP contribution is -2.56. The molecule has 8 nitrogen and oxygen atoms in total. The van der Waals surface area contributed by atoms with E-state index < -0.39 is 0 Å². The molecule has 0 aliphatic carbocycles. The summed E-state index contributed by atoms with van der Waals surface area (Å²) in [5, 5.41) is 10.0. The van der Waals surface area contributed by atoms with Gasteiger partial charge in [-0.1, -0.05) is 12.1 Å². The SMILES string of the molecule is COCc1cc(CNC(=O)N2CCN(c3ccccc3OC)C[C@@H]2C)[nH]n1. The average Bonchev–Trinajstić information content (AvgIpc) is 3.14. The predicted octanol–water partition coefficient (Wildman–Crippen LogP) is 1.98. The van der Waals surface area contributed by atoms with Crippen LogP contribution in [0.4, 0.5) is 10.5 Å². The van der Waals surface area contributed by atoms with Crippen molar-refractivity contribution in [1.29, 1.82) is 0 Å². The Morgan fingerprint density at radius 2 is 2.15 bits per heavy atom. The fourth-order valence-electron chi connectivity index (χ4n) is 3.36. The molecule has 2 aromatic rings. The number of hydrogen-bond donors (Lipinski definition) is 2. The number of nitrogens with zero attached hydrogens (tertiary/aromatic N) is 3. The topological polar surface area (TPSA) is 82.7 Å². The molecule has 2 amide bonds. The molecule has 1 aromatic carbocycles. The summed E-state index contributed by atoms with van der Waals surface area (Å²) in [6.07, 6.45) is 0. The molecule has 0 spiro atoms. The van der Waals surface area contributed by atoms with E-state index in [0.717, 1.165) is 35.9 Å². The third-order valence-corrected chi connectivity index (χ3v) is 4.72. The Labute approximate surface area is 159 Å². The highest BCUT2D eigenvalue weighted by molar-refractivity contribution is 5.75. The van der Waals surface area contributed by atoms with Crippen molar-refractivity contribution in [2.75, 3.05) is 38.8 Å². The van der Waals surface area contributed by atoms with Crippen molar-refractivity contribution < 1.29 is 14.3 Å². The van der Waals surface area contributed by atoms with Crippen molar-refractivity contribution >= 4 is 11.7 Å². The van der Waals surface area contributed by atoms with Crippen molar-refractivity contribution in [1.82, 2.24) is 20.4 Å². The molecule has 1 aliphatic rings. The van der Waals surface area contributed by atoms with Crippen LogP contribution < -0.4 is 15.0 Å². The van der Waals surface area contributed by atoms with Crippen molar-refractivity contribution in [2.24, 2.45) is 0 Å². The number of ether oxygens (including phenoxy) is 2. The number of carbonyl (C=O) groups is 1. The van der Waals surface area contributed by atoms with E-state index in [4.69, 9.17) is 9.47 Å². The number of aromatic nitrogens is 2. The second-order valence-corrected chi connectivity index (χ2v) is 6.64. The lowest BCUT2D eigenvalue weighted by atomic mass is 10.1. The highest BCUT2D eigenvalue weighted by Crippen LogP contribution is 2.29. The van der Waals surface area contributed by atoms with Gasteiger partial charge in [-0.2, -0.15) is 5.10 Å². The Morgan fingerprint density at radius 1 is 1.33 bits per heavy atom. The van der Waals surface area contributed by atoms with E-state index in [1.54, 1.807) is 14.2 Å². The van der Waals surface area contributed by atoms with Gasteiger partial charge in [-0.25, -0.2) is 4.79 Å². The van der Waals surface area contributed by atoms with Gasteiger partial charge in [0, 0.05) is 32.8 Å². The van der Waals surface area contributed by atoms with Crippen LogP contribution in [0.5, 0.6) is 5.75 Å². The normalized spacial score (nSPS) is 17.1. The summed E-state index contributed by atoms with van der Waals surface area (Å²) in [5.74, 6) is 0.855. The number of rotatable bonds is 6. The molecule has 27 heavy (non-hydrogen) atoms. The van der Waals surface area contributed by atoms with Gasteiger partial charge in [0.2, 0.25) is 0 Å². The van der Waals surface area contributed by atoms with E-state index in [1.165, 1.54) is 0 Å². The van der Waals surface area contributed by atoms with E-state index in [0.29, 0.717) is 19.7 Å². The van der Waals surface area contributed by atoms with Gasteiger partial charge >= 0.3 is 6.03 Å². The second kappa shape index (κ2) is 8.77. The molecule has 0 radical (unpaired) electrons. The standard InChI is InChI=1S/C19H27N5O3/c1-14-12-23(17-6-4-5-7-18(17)27-3)8-9-24(14)19(25)20-11-15-10-16(13-26-2)22-21-15/h4-7,10,14H,8-9,11-13H2,1-3H3,(H,20,25)(H,21,22)/t14-/m0/s1.